The molecule has 158 valence electrons. The Kier molecular flexibility index (Phi) is 5.97. The molecule has 1 fully saturated rings. The molecular weight excluding hydrogens is 400 g/mol. The Labute approximate surface area is 180 Å². The average molecular weight is 427 g/mol. The van der Waals surface area contributed by atoms with Crippen molar-refractivity contribution in [2.45, 2.75) is 33.2 Å². The Morgan fingerprint density at radius 3 is 2.40 bits per heavy atom. The average Bonchev–Trinajstić information content (AvgIpc) is 3.22. The van der Waals surface area contributed by atoms with E-state index in [4.69, 9.17) is 0 Å². The van der Waals surface area contributed by atoms with Gasteiger partial charge in [-0.3, -0.25) is 24.2 Å². The Hall–Kier alpha value is -2.58. The molecule has 8 heteroatoms. The molecule has 1 aromatic heterocycles. The fourth-order valence-corrected chi connectivity index (χ4v) is 5.14. The Morgan fingerprint density at radius 1 is 1.13 bits per heavy atom. The fourth-order valence-electron chi connectivity index (χ4n) is 4.42. The lowest BCUT2D eigenvalue weighted by atomic mass is 9.92. The molecule has 2 aromatic rings. The van der Waals surface area contributed by atoms with Gasteiger partial charge < -0.3 is 5.32 Å². The Bertz CT molecular complexity index is 928. The first kappa shape index (κ1) is 20.7. The van der Waals surface area contributed by atoms with E-state index >= 15 is 0 Å². The van der Waals surface area contributed by atoms with E-state index in [0.717, 1.165) is 30.2 Å². The molecule has 1 saturated heterocycles. The van der Waals surface area contributed by atoms with Gasteiger partial charge in [0.15, 0.2) is 5.13 Å². The number of carbonyl (C=O) groups excluding carboxylic acids is 3. The molecule has 3 amide bonds. The molecule has 2 unspecified atom stereocenters. The van der Waals surface area contributed by atoms with Gasteiger partial charge in [-0.2, -0.15) is 0 Å². The zero-order chi connectivity index (χ0) is 21.3. The minimum Gasteiger partial charge on any atom is -0.302 e. The Balaban J connectivity index is 1.28. The number of piperidine rings is 1. The number of benzene rings is 1. The van der Waals surface area contributed by atoms with Crippen molar-refractivity contribution in [1.29, 1.82) is 0 Å². The van der Waals surface area contributed by atoms with Gasteiger partial charge in [0, 0.05) is 38.0 Å². The van der Waals surface area contributed by atoms with Crippen molar-refractivity contribution in [2.75, 3.05) is 25.0 Å². The van der Waals surface area contributed by atoms with Crippen LogP contribution in [0.3, 0.4) is 0 Å². The number of nitrogens with zero attached hydrogens (tertiary/aromatic N) is 3. The molecule has 2 aliphatic rings. The van der Waals surface area contributed by atoms with E-state index in [1.165, 1.54) is 17.8 Å². The number of thiazole rings is 1. The highest BCUT2D eigenvalue weighted by Gasteiger charge is 2.35. The first-order valence-electron chi connectivity index (χ1n) is 10.3. The van der Waals surface area contributed by atoms with Crippen LogP contribution in [0.25, 0.3) is 0 Å². The van der Waals surface area contributed by atoms with E-state index in [1.807, 2.05) is 5.38 Å². The summed E-state index contributed by atoms with van der Waals surface area (Å²) in [6.07, 6.45) is 1.31. The maximum Gasteiger partial charge on any atom is 0.261 e. The van der Waals surface area contributed by atoms with Crippen LogP contribution in [0.2, 0.25) is 0 Å². The maximum atomic E-state index is 12.4. The molecule has 2 atom stereocenters. The number of fused-ring (bicyclic) bond motifs is 1. The predicted octanol–water partition coefficient (Wildman–Crippen LogP) is 3.25. The second kappa shape index (κ2) is 8.65. The molecule has 0 saturated carbocycles. The van der Waals surface area contributed by atoms with Crippen LogP contribution in [0.15, 0.2) is 29.6 Å². The molecule has 30 heavy (non-hydrogen) atoms. The number of anilines is 1. The minimum atomic E-state index is -0.343. The van der Waals surface area contributed by atoms with Crippen LogP contribution < -0.4 is 5.32 Å². The number of likely N-dealkylation sites (tertiary alicyclic amines) is 1. The zero-order valence-electron chi connectivity index (χ0n) is 17.3. The number of rotatable bonds is 6. The number of imide groups is 1. The largest absolute Gasteiger partial charge is 0.302 e. The summed E-state index contributed by atoms with van der Waals surface area (Å²) in [6.45, 7) is 7.55. The van der Waals surface area contributed by atoms with Crippen molar-refractivity contribution in [3.8, 4) is 0 Å². The predicted molar refractivity (Wildman–Crippen MR) is 115 cm³/mol. The van der Waals surface area contributed by atoms with Crippen molar-refractivity contribution in [3.63, 3.8) is 0 Å². The van der Waals surface area contributed by atoms with Crippen LogP contribution in [0, 0.1) is 11.8 Å². The standard InChI is InChI=1S/C22H26N4O3S/c1-14-9-15(2)11-25(10-14)12-16-13-30-22(23-16)24-19(27)7-8-26-20(28)17-5-3-4-6-18(17)21(26)29/h3-6,13-15H,7-12H2,1-2H3,(H,23,24,27). The number of amides is 3. The highest BCUT2D eigenvalue weighted by Crippen LogP contribution is 2.25. The monoisotopic (exact) mass is 426 g/mol. The molecule has 2 aliphatic heterocycles. The highest BCUT2D eigenvalue weighted by atomic mass is 32.1. The van der Waals surface area contributed by atoms with Gasteiger partial charge in [-0.15, -0.1) is 11.3 Å². The van der Waals surface area contributed by atoms with Crippen LogP contribution in [-0.2, 0) is 11.3 Å². The van der Waals surface area contributed by atoms with Crippen molar-refractivity contribution >= 4 is 34.2 Å². The third-order valence-corrected chi connectivity index (χ3v) is 6.38. The molecule has 0 aliphatic carbocycles. The Morgan fingerprint density at radius 2 is 1.77 bits per heavy atom. The van der Waals surface area contributed by atoms with Gasteiger partial charge in [0.05, 0.1) is 16.8 Å². The minimum absolute atomic E-state index is 0.0432. The summed E-state index contributed by atoms with van der Waals surface area (Å²) in [5, 5.41) is 5.32. The van der Waals surface area contributed by atoms with Gasteiger partial charge in [-0.05, 0) is 30.4 Å². The zero-order valence-corrected chi connectivity index (χ0v) is 18.1. The molecule has 7 nitrogen and oxygen atoms in total. The fraction of sp³-hybridized carbons (Fsp3) is 0.455. The molecule has 3 heterocycles. The summed E-state index contributed by atoms with van der Waals surface area (Å²) in [4.78, 5) is 45.2. The van der Waals surface area contributed by atoms with E-state index in [2.05, 4.69) is 29.0 Å². The summed E-state index contributed by atoms with van der Waals surface area (Å²) < 4.78 is 0. The summed E-state index contributed by atoms with van der Waals surface area (Å²) in [5.41, 5.74) is 1.75. The molecule has 1 aromatic carbocycles. The van der Waals surface area contributed by atoms with Gasteiger partial charge in [-0.25, -0.2) is 4.98 Å². The molecule has 1 N–H and O–H groups in total. The lowest BCUT2D eigenvalue weighted by molar-refractivity contribution is -0.116. The van der Waals surface area contributed by atoms with Crippen LogP contribution >= 0.6 is 11.3 Å². The summed E-state index contributed by atoms with van der Waals surface area (Å²) in [5.74, 6) is 0.435. The van der Waals surface area contributed by atoms with Crippen molar-refractivity contribution in [2.24, 2.45) is 11.8 Å². The normalized spacial score (nSPS) is 21.7. The first-order valence-corrected chi connectivity index (χ1v) is 11.2. The highest BCUT2D eigenvalue weighted by molar-refractivity contribution is 7.13. The van der Waals surface area contributed by atoms with Crippen LogP contribution in [-0.4, -0.2) is 52.1 Å². The van der Waals surface area contributed by atoms with Crippen LogP contribution in [0.4, 0.5) is 5.13 Å². The summed E-state index contributed by atoms with van der Waals surface area (Å²) in [7, 11) is 0. The van der Waals surface area contributed by atoms with Gasteiger partial charge in [0.2, 0.25) is 5.91 Å². The van der Waals surface area contributed by atoms with E-state index in [-0.39, 0.29) is 30.7 Å². The lowest BCUT2D eigenvalue weighted by Crippen LogP contribution is -2.38. The van der Waals surface area contributed by atoms with Crippen LogP contribution in [0.1, 0.15) is 53.1 Å². The van der Waals surface area contributed by atoms with Gasteiger partial charge in [0.25, 0.3) is 11.8 Å². The van der Waals surface area contributed by atoms with Gasteiger partial charge in [-0.1, -0.05) is 26.0 Å². The SMILES string of the molecule is CC1CC(C)CN(Cc2csc(NC(=O)CCN3C(=O)c4ccccc4C3=O)n2)C1. The second-order valence-corrected chi connectivity index (χ2v) is 9.25. The third-order valence-electron chi connectivity index (χ3n) is 5.57. The number of hydrogen-bond donors (Lipinski definition) is 1. The quantitative estimate of drug-likeness (QED) is 0.717. The molecule has 0 spiro atoms. The van der Waals surface area contributed by atoms with Crippen LogP contribution in [0.5, 0.6) is 0 Å². The number of carbonyl (C=O) groups is 3. The molecule has 0 bridgehead atoms. The third kappa shape index (κ3) is 4.44. The molecule has 4 rings (SSSR count). The van der Waals surface area contributed by atoms with Crippen molar-refractivity contribution in [1.82, 2.24) is 14.8 Å². The smallest absolute Gasteiger partial charge is 0.261 e. The van der Waals surface area contributed by atoms with Crippen molar-refractivity contribution in [3.05, 3.63) is 46.5 Å². The number of aromatic nitrogens is 1. The topological polar surface area (TPSA) is 82.6 Å². The van der Waals surface area contributed by atoms with E-state index < -0.39 is 0 Å². The molecular formula is C22H26N4O3S. The summed E-state index contributed by atoms with van der Waals surface area (Å²) >= 11 is 1.40. The van der Waals surface area contributed by atoms with Crippen molar-refractivity contribution < 1.29 is 14.4 Å². The number of nitrogens with one attached hydrogen (secondary N) is 1. The maximum absolute atomic E-state index is 12.4. The second-order valence-electron chi connectivity index (χ2n) is 8.39. The summed E-state index contributed by atoms with van der Waals surface area (Å²) in [6, 6.07) is 6.73. The van der Waals surface area contributed by atoms with E-state index in [0.29, 0.717) is 28.1 Å². The van der Waals surface area contributed by atoms with Gasteiger partial charge in [0.1, 0.15) is 0 Å². The van der Waals surface area contributed by atoms with E-state index in [9.17, 15) is 14.4 Å². The molecule has 0 radical (unpaired) electrons. The van der Waals surface area contributed by atoms with Gasteiger partial charge >= 0.3 is 0 Å². The van der Waals surface area contributed by atoms with E-state index in [1.54, 1.807) is 24.3 Å². The first-order chi connectivity index (χ1) is 14.4. The number of hydrogen-bond acceptors (Lipinski definition) is 6. The lowest BCUT2D eigenvalue weighted by Gasteiger charge is -2.34.